The highest BCUT2D eigenvalue weighted by Gasteiger charge is 2.35. The lowest BCUT2D eigenvalue weighted by atomic mass is 9.89. The number of hydrogen-bond acceptors (Lipinski definition) is 8. The first kappa shape index (κ1) is 33.9. The van der Waals surface area contributed by atoms with Gasteiger partial charge in [-0.2, -0.15) is 10.2 Å². The number of rotatable bonds is 9. The smallest absolute Gasteiger partial charge is 0.410 e. The SMILES string of the molecule is COC(=O)CNC(=O)CN(C(=O)Cn1nc(C2CCN(C(=O)OC(C)(C)C)CC2)c2c(-c3cc4c(cnn4C)cc3F)cccc21)C1CC1. The highest BCUT2D eigenvalue weighted by Crippen LogP contribution is 2.40. The molecule has 13 nitrogen and oxygen atoms in total. The largest absolute Gasteiger partial charge is 0.468 e. The second-order valence-corrected chi connectivity index (χ2v) is 13.7. The van der Waals surface area contributed by atoms with Crippen LogP contribution in [0.15, 0.2) is 36.5 Å². The average Bonchev–Trinajstić information content (AvgIpc) is 3.76. The molecule has 1 aliphatic heterocycles. The molecule has 2 aromatic carbocycles. The van der Waals surface area contributed by atoms with Crippen LogP contribution in [0.3, 0.4) is 0 Å². The van der Waals surface area contributed by atoms with Crippen LogP contribution < -0.4 is 5.32 Å². The minimum atomic E-state index is -0.611. The zero-order chi connectivity index (χ0) is 35.0. The lowest BCUT2D eigenvalue weighted by Gasteiger charge is -2.33. The van der Waals surface area contributed by atoms with E-state index in [0.29, 0.717) is 48.0 Å². The number of methoxy groups -OCH3 is 1. The molecule has 2 fully saturated rings. The molecule has 1 N–H and O–H groups in total. The zero-order valence-corrected chi connectivity index (χ0v) is 28.5. The van der Waals surface area contributed by atoms with Gasteiger partial charge in [0.1, 0.15) is 24.5 Å². The molecule has 4 aromatic rings. The number of esters is 1. The summed E-state index contributed by atoms with van der Waals surface area (Å²) in [5.74, 6) is -1.82. The molecule has 6 rings (SSSR count). The zero-order valence-electron chi connectivity index (χ0n) is 28.5. The predicted octanol–water partition coefficient (Wildman–Crippen LogP) is 4.12. The van der Waals surface area contributed by atoms with E-state index in [9.17, 15) is 19.2 Å². The summed E-state index contributed by atoms with van der Waals surface area (Å²) in [5, 5.41) is 13.2. The first-order valence-corrected chi connectivity index (χ1v) is 16.5. The minimum Gasteiger partial charge on any atom is -0.468 e. The van der Waals surface area contributed by atoms with E-state index in [1.807, 2.05) is 39.0 Å². The Morgan fingerprint density at radius 2 is 1.78 bits per heavy atom. The maximum atomic E-state index is 15.8. The molecular formula is C35H42FN7O6. The summed E-state index contributed by atoms with van der Waals surface area (Å²) < 4.78 is 29.3. The molecule has 260 valence electrons. The van der Waals surface area contributed by atoms with Crippen LogP contribution in [0.4, 0.5) is 9.18 Å². The Labute approximate surface area is 283 Å². The second kappa shape index (κ2) is 13.5. The minimum absolute atomic E-state index is 0.0779. The standard InChI is InChI=1S/C35H42FN7O6/c1-35(2,3)49-34(47)41-13-11-21(12-14-41)33-32-24(25-16-28-22(15-26(25)36)17-38-40(28)4)7-6-8-27(32)43(39-33)20-30(45)42(23-9-10-23)19-29(44)37-18-31(46)48-5/h6-8,15-17,21,23H,9-14,18-20H2,1-5H3,(H,37,44). The Bertz CT molecular complexity index is 1920. The third kappa shape index (κ3) is 7.37. The molecule has 1 saturated heterocycles. The maximum Gasteiger partial charge on any atom is 0.410 e. The summed E-state index contributed by atoms with van der Waals surface area (Å²) >= 11 is 0. The number of likely N-dealkylation sites (tertiary alicyclic amines) is 1. The van der Waals surface area contributed by atoms with Crippen LogP contribution >= 0.6 is 0 Å². The number of amides is 3. The number of aromatic nitrogens is 4. The molecule has 2 aromatic heterocycles. The van der Waals surface area contributed by atoms with Gasteiger partial charge in [0.15, 0.2) is 0 Å². The van der Waals surface area contributed by atoms with Gasteiger partial charge in [-0.3, -0.25) is 23.7 Å². The number of fused-ring (bicyclic) bond motifs is 2. The first-order valence-electron chi connectivity index (χ1n) is 16.5. The summed E-state index contributed by atoms with van der Waals surface area (Å²) in [7, 11) is 3.04. The van der Waals surface area contributed by atoms with E-state index in [2.05, 4.69) is 15.2 Å². The van der Waals surface area contributed by atoms with E-state index in [0.717, 1.165) is 29.4 Å². The van der Waals surface area contributed by atoms with Gasteiger partial charge in [-0.1, -0.05) is 12.1 Å². The summed E-state index contributed by atoms with van der Waals surface area (Å²) in [4.78, 5) is 54.0. The normalized spacial score (nSPS) is 15.4. The van der Waals surface area contributed by atoms with Gasteiger partial charge in [0.2, 0.25) is 11.8 Å². The number of benzene rings is 2. The van der Waals surface area contributed by atoms with Crippen molar-refractivity contribution in [3.63, 3.8) is 0 Å². The molecule has 3 heterocycles. The Balaban J connectivity index is 1.35. The van der Waals surface area contributed by atoms with Crippen LogP contribution in [0.1, 0.15) is 58.1 Å². The van der Waals surface area contributed by atoms with Crippen LogP contribution in [-0.2, 0) is 37.4 Å². The van der Waals surface area contributed by atoms with Crippen molar-refractivity contribution >= 4 is 45.7 Å². The molecule has 2 aliphatic rings. The average molecular weight is 676 g/mol. The molecule has 0 radical (unpaired) electrons. The summed E-state index contributed by atoms with van der Waals surface area (Å²) in [6.45, 7) is 5.80. The molecule has 0 unspecified atom stereocenters. The van der Waals surface area contributed by atoms with Gasteiger partial charge >= 0.3 is 12.1 Å². The van der Waals surface area contributed by atoms with Crippen molar-refractivity contribution in [1.82, 2.24) is 34.7 Å². The lowest BCUT2D eigenvalue weighted by molar-refractivity contribution is -0.141. The van der Waals surface area contributed by atoms with E-state index < -0.39 is 23.3 Å². The summed E-state index contributed by atoms with van der Waals surface area (Å²) in [5.41, 5.74) is 2.57. The van der Waals surface area contributed by atoms with Crippen LogP contribution in [0.5, 0.6) is 0 Å². The highest BCUT2D eigenvalue weighted by molar-refractivity contribution is 6.00. The van der Waals surface area contributed by atoms with E-state index >= 15 is 4.39 Å². The summed E-state index contributed by atoms with van der Waals surface area (Å²) in [6.07, 6.45) is 4.01. The van der Waals surface area contributed by atoms with Gasteiger partial charge in [-0.25, -0.2) is 9.18 Å². The molecule has 3 amide bonds. The topological polar surface area (TPSA) is 141 Å². The van der Waals surface area contributed by atoms with Gasteiger partial charge in [0.05, 0.1) is 36.6 Å². The fourth-order valence-corrected chi connectivity index (χ4v) is 6.41. The Hall–Kier alpha value is -5.01. The lowest BCUT2D eigenvalue weighted by Crippen LogP contribution is -2.44. The van der Waals surface area contributed by atoms with Gasteiger partial charge in [-0.05, 0) is 70.2 Å². The highest BCUT2D eigenvalue weighted by atomic mass is 19.1. The molecule has 0 atom stereocenters. The molecule has 0 bridgehead atoms. The van der Waals surface area contributed by atoms with Crippen molar-refractivity contribution in [3.8, 4) is 11.1 Å². The van der Waals surface area contributed by atoms with Crippen molar-refractivity contribution in [2.24, 2.45) is 7.05 Å². The Morgan fingerprint density at radius 1 is 1.04 bits per heavy atom. The first-order chi connectivity index (χ1) is 23.3. The quantitative estimate of drug-likeness (QED) is 0.261. The monoisotopic (exact) mass is 675 g/mol. The van der Waals surface area contributed by atoms with Crippen molar-refractivity contribution < 1.29 is 33.0 Å². The number of ether oxygens (including phenoxy) is 2. The van der Waals surface area contributed by atoms with Crippen LogP contribution in [0.25, 0.3) is 32.9 Å². The Morgan fingerprint density at radius 3 is 2.45 bits per heavy atom. The summed E-state index contributed by atoms with van der Waals surface area (Å²) in [6, 6.07) is 8.72. The van der Waals surface area contributed by atoms with Crippen molar-refractivity contribution in [2.45, 2.75) is 70.6 Å². The van der Waals surface area contributed by atoms with Crippen molar-refractivity contribution in [2.75, 3.05) is 33.3 Å². The number of halogens is 1. The van der Waals surface area contributed by atoms with Gasteiger partial charge in [-0.15, -0.1) is 0 Å². The van der Waals surface area contributed by atoms with E-state index in [-0.39, 0.29) is 43.6 Å². The van der Waals surface area contributed by atoms with Crippen molar-refractivity contribution in [1.29, 1.82) is 0 Å². The number of piperidine rings is 1. The van der Waals surface area contributed by atoms with Crippen LogP contribution in [-0.4, -0.2) is 98.2 Å². The fraction of sp³-hybridized carbons (Fsp3) is 0.486. The number of hydrogen-bond donors (Lipinski definition) is 1. The van der Waals surface area contributed by atoms with Gasteiger partial charge in [0.25, 0.3) is 0 Å². The van der Waals surface area contributed by atoms with Gasteiger partial charge < -0.3 is 24.6 Å². The van der Waals surface area contributed by atoms with Crippen LogP contribution in [0.2, 0.25) is 0 Å². The maximum absolute atomic E-state index is 15.8. The fourth-order valence-electron chi connectivity index (χ4n) is 6.41. The Kier molecular flexibility index (Phi) is 9.32. The molecule has 1 aliphatic carbocycles. The predicted molar refractivity (Wildman–Crippen MR) is 179 cm³/mol. The number of nitrogens with zero attached hydrogens (tertiary/aromatic N) is 6. The van der Waals surface area contributed by atoms with E-state index in [1.54, 1.807) is 33.6 Å². The number of aryl methyl sites for hydroxylation is 1. The van der Waals surface area contributed by atoms with Crippen LogP contribution in [0, 0.1) is 5.82 Å². The van der Waals surface area contributed by atoms with E-state index in [1.165, 1.54) is 18.1 Å². The molecule has 14 heteroatoms. The van der Waals surface area contributed by atoms with E-state index in [4.69, 9.17) is 9.84 Å². The van der Waals surface area contributed by atoms with Crippen molar-refractivity contribution in [3.05, 3.63) is 48.0 Å². The molecule has 1 saturated carbocycles. The third-order valence-electron chi connectivity index (χ3n) is 9.03. The number of carbonyl (C=O) groups is 4. The third-order valence-corrected chi connectivity index (χ3v) is 9.03. The molecular weight excluding hydrogens is 633 g/mol. The second-order valence-electron chi connectivity index (χ2n) is 13.7. The molecule has 49 heavy (non-hydrogen) atoms. The number of nitrogens with one attached hydrogen (secondary N) is 1. The van der Waals surface area contributed by atoms with Gasteiger partial charge in [0, 0.05) is 48.4 Å². The molecule has 0 spiro atoms. The number of carbonyl (C=O) groups excluding carboxylic acids is 4.